The van der Waals surface area contributed by atoms with Gasteiger partial charge in [-0.1, -0.05) is 24.3 Å². The molecule has 22 heavy (non-hydrogen) atoms. The van der Waals surface area contributed by atoms with E-state index >= 15 is 0 Å². The number of carbonyl (C=O) groups is 1. The molecular weight excluding hydrogens is 276 g/mol. The van der Waals surface area contributed by atoms with Crippen molar-refractivity contribution in [1.82, 2.24) is 5.32 Å². The molecule has 2 rings (SSSR count). The number of anilines is 1. The lowest BCUT2D eigenvalue weighted by molar-refractivity contribution is -0.116. The van der Waals surface area contributed by atoms with Crippen molar-refractivity contribution in [2.24, 2.45) is 0 Å². The van der Waals surface area contributed by atoms with Crippen molar-refractivity contribution >= 4 is 11.6 Å². The number of hydrogen-bond acceptors (Lipinski definition) is 3. The summed E-state index contributed by atoms with van der Waals surface area (Å²) in [7, 11) is 3.55. The predicted octanol–water partition coefficient (Wildman–Crippen LogP) is 2.99. The lowest BCUT2D eigenvalue weighted by Gasteiger charge is -2.08. The maximum absolute atomic E-state index is 12.0. The van der Waals surface area contributed by atoms with Crippen LogP contribution < -0.4 is 15.4 Å². The molecule has 0 atom stereocenters. The van der Waals surface area contributed by atoms with Crippen LogP contribution in [-0.2, 0) is 17.8 Å². The van der Waals surface area contributed by atoms with E-state index < -0.39 is 0 Å². The first-order chi connectivity index (χ1) is 10.7. The fraction of sp³-hybridized carbons (Fsp3) is 0.278. The highest BCUT2D eigenvalue weighted by Gasteiger charge is 2.04. The van der Waals surface area contributed by atoms with Gasteiger partial charge in [0, 0.05) is 18.7 Å². The summed E-state index contributed by atoms with van der Waals surface area (Å²) in [5.41, 5.74) is 3.11. The topological polar surface area (TPSA) is 50.4 Å². The van der Waals surface area contributed by atoms with Crippen LogP contribution in [0.15, 0.2) is 48.5 Å². The summed E-state index contributed by atoms with van der Waals surface area (Å²) in [5, 5.41) is 6.04. The molecule has 0 saturated carbocycles. The van der Waals surface area contributed by atoms with E-state index in [0.29, 0.717) is 12.8 Å². The van der Waals surface area contributed by atoms with Crippen LogP contribution in [0.4, 0.5) is 5.69 Å². The molecule has 0 saturated heterocycles. The van der Waals surface area contributed by atoms with Gasteiger partial charge in [0.25, 0.3) is 0 Å². The standard InChI is InChI=1S/C18H22N2O2/c1-19-13-15-4-3-5-16(12-15)20-18(21)11-8-14-6-9-17(22-2)10-7-14/h3-7,9-10,12,19H,8,11,13H2,1-2H3,(H,20,21). The van der Waals surface area contributed by atoms with Crippen molar-refractivity contribution in [3.8, 4) is 5.75 Å². The van der Waals surface area contributed by atoms with E-state index in [1.54, 1.807) is 7.11 Å². The number of rotatable bonds is 7. The Morgan fingerprint density at radius 1 is 1.09 bits per heavy atom. The maximum Gasteiger partial charge on any atom is 0.224 e. The first-order valence-corrected chi connectivity index (χ1v) is 7.37. The molecule has 0 spiro atoms. The Labute approximate surface area is 131 Å². The SMILES string of the molecule is CNCc1cccc(NC(=O)CCc2ccc(OC)cc2)c1. The van der Waals surface area contributed by atoms with Crippen molar-refractivity contribution in [2.75, 3.05) is 19.5 Å². The average Bonchev–Trinajstić information content (AvgIpc) is 2.54. The van der Waals surface area contributed by atoms with E-state index in [2.05, 4.69) is 10.6 Å². The quantitative estimate of drug-likeness (QED) is 0.826. The Morgan fingerprint density at radius 3 is 2.55 bits per heavy atom. The highest BCUT2D eigenvalue weighted by Crippen LogP contribution is 2.14. The average molecular weight is 298 g/mol. The first kappa shape index (κ1) is 16.0. The summed E-state index contributed by atoms with van der Waals surface area (Å²) in [6.45, 7) is 0.787. The van der Waals surface area contributed by atoms with Gasteiger partial charge in [0.15, 0.2) is 0 Å². The second kappa shape index (κ2) is 8.20. The molecule has 0 aliphatic carbocycles. The van der Waals surface area contributed by atoms with Crippen molar-refractivity contribution in [1.29, 1.82) is 0 Å². The van der Waals surface area contributed by atoms with E-state index in [0.717, 1.165) is 29.1 Å². The fourth-order valence-corrected chi connectivity index (χ4v) is 2.24. The number of methoxy groups -OCH3 is 1. The summed E-state index contributed by atoms with van der Waals surface area (Å²) in [4.78, 5) is 12.0. The third-order valence-corrected chi connectivity index (χ3v) is 3.39. The molecule has 0 unspecified atom stereocenters. The summed E-state index contributed by atoms with van der Waals surface area (Å²) in [6, 6.07) is 15.7. The molecule has 0 fully saturated rings. The number of hydrogen-bond donors (Lipinski definition) is 2. The minimum absolute atomic E-state index is 0.0254. The normalized spacial score (nSPS) is 10.3. The minimum atomic E-state index is 0.0254. The van der Waals surface area contributed by atoms with E-state index in [4.69, 9.17) is 4.74 Å². The van der Waals surface area contributed by atoms with Crippen LogP contribution in [-0.4, -0.2) is 20.1 Å². The van der Waals surface area contributed by atoms with Crippen molar-refractivity contribution < 1.29 is 9.53 Å². The van der Waals surface area contributed by atoms with Crippen LogP contribution in [0.3, 0.4) is 0 Å². The molecule has 0 aliphatic heterocycles. The van der Waals surface area contributed by atoms with Gasteiger partial charge in [-0.2, -0.15) is 0 Å². The molecule has 4 nitrogen and oxygen atoms in total. The van der Waals surface area contributed by atoms with E-state index in [-0.39, 0.29) is 5.91 Å². The third-order valence-electron chi connectivity index (χ3n) is 3.39. The minimum Gasteiger partial charge on any atom is -0.497 e. The van der Waals surface area contributed by atoms with Crippen LogP contribution in [0.5, 0.6) is 5.75 Å². The van der Waals surface area contributed by atoms with Gasteiger partial charge in [-0.05, 0) is 48.9 Å². The Balaban J connectivity index is 1.85. The Hall–Kier alpha value is -2.33. The number of carbonyl (C=O) groups excluding carboxylic acids is 1. The zero-order valence-electron chi connectivity index (χ0n) is 13.1. The van der Waals surface area contributed by atoms with Crippen LogP contribution in [0.2, 0.25) is 0 Å². The van der Waals surface area contributed by atoms with Crippen LogP contribution in [0.1, 0.15) is 17.5 Å². The molecule has 0 aromatic heterocycles. The first-order valence-electron chi connectivity index (χ1n) is 7.37. The molecular formula is C18H22N2O2. The number of aryl methyl sites for hydroxylation is 1. The van der Waals surface area contributed by atoms with Crippen molar-refractivity contribution in [2.45, 2.75) is 19.4 Å². The lowest BCUT2D eigenvalue weighted by Crippen LogP contribution is -2.13. The Morgan fingerprint density at radius 2 is 1.86 bits per heavy atom. The van der Waals surface area contributed by atoms with Gasteiger partial charge in [-0.15, -0.1) is 0 Å². The van der Waals surface area contributed by atoms with Crippen LogP contribution >= 0.6 is 0 Å². The molecule has 4 heteroatoms. The number of ether oxygens (including phenoxy) is 1. The number of benzene rings is 2. The highest BCUT2D eigenvalue weighted by atomic mass is 16.5. The Kier molecular flexibility index (Phi) is 5.98. The molecule has 0 radical (unpaired) electrons. The third kappa shape index (κ3) is 4.90. The molecule has 2 aromatic carbocycles. The number of amides is 1. The molecule has 0 aliphatic rings. The van der Waals surface area contributed by atoms with Gasteiger partial charge in [0.05, 0.1) is 7.11 Å². The summed E-state index contributed by atoms with van der Waals surface area (Å²) in [5.74, 6) is 0.854. The zero-order chi connectivity index (χ0) is 15.8. The number of nitrogens with one attached hydrogen (secondary N) is 2. The molecule has 2 aromatic rings. The van der Waals surface area contributed by atoms with E-state index in [9.17, 15) is 4.79 Å². The van der Waals surface area contributed by atoms with Gasteiger partial charge < -0.3 is 15.4 Å². The molecule has 0 heterocycles. The smallest absolute Gasteiger partial charge is 0.224 e. The van der Waals surface area contributed by atoms with E-state index in [1.807, 2.05) is 55.6 Å². The molecule has 116 valence electrons. The van der Waals surface area contributed by atoms with Gasteiger partial charge >= 0.3 is 0 Å². The second-order valence-electron chi connectivity index (χ2n) is 5.13. The van der Waals surface area contributed by atoms with Crippen molar-refractivity contribution in [3.05, 3.63) is 59.7 Å². The van der Waals surface area contributed by atoms with Gasteiger partial charge in [0.1, 0.15) is 5.75 Å². The van der Waals surface area contributed by atoms with Gasteiger partial charge in [-0.3, -0.25) is 4.79 Å². The largest absolute Gasteiger partial charge is 0.497 e. The molecule has 0 bridgehead atoms. The summed E-state index contributed by atoms with van der Waals surface area (Å²) in [6.07, 6.45) is 1.18. The zero-order valence-corrected chi connectivity index (χ0v) is 13.1. The van der Waals surface area contributed by atoms with Crippen LogP contribution in [0, 0.1) is 0 Å². The molecule has 1 amide bonds. The highest BCUT2D eigenvalue weighted by molar-refractivity contribution is 5.90. The Bertz CT molecular complexity index is 609. The predicted molar refractivity (Wildman–Crippen MR) is 89.2 cm³/mol. The van der Waals surface area contributed by atoms with Crippen LogP contribution in [0.25, 0.3) is 0 Å². The maximum atomic E-state index is 12.0. The van der Waals surface area contributed by atoms with Gasteiger partial charge in [0.2, 0.25) is 5.91 Å². The van der Waals surface area contributed by atoms with Crippen molar-refractivity contribution in [3.63, 3.8) is 0 Å². The molecule has 2 N–H and O–H groups in total. The summed E-state index contributed by atoms with van der Waals surface area (Å²) < 4.78 is 5.12. The second-order valence-corrected chi connectivity index (χ2v) is 5.13. The monoisotopic (exact) mass is 298 g/mol. The van der Waals surface area contributed by atoms with E-state index in [1.165, 1.54) is 0 Å². The summed E-state index contributed by atoms with van der Waals surface area (Å²) >= 11 is 0. The fourth-order valence-electron chi connectivity index (χ4n) is 2.24. The lowest BCUT2D eigenvalue weighted by atomic mass is 10.1. The van der Waals surface area contributed by atoms with Gasteiger partial charge in [-0.25, -0.2) is 0 Å².